The topological polar surface area (TPSA) is 49.3 Å². The van der Waals surface area contributed by atoms with E-state index in [0.29, 0.717) is 15.6 Å². The van der Waals surface area contributed by atoms with E-state index in [2.05, 4.69) is 5.32 Å². The fourth-order valence-corrected chi connectivity index (χ4v) is 2.76. The van der Waals surface area contributed by atoms with Gasteiger partial charge in [-0.2, -0.15) is 0 Å². The van der Waals surface area contributed by atoms with E-state index in [0.717, 1.165) is 11.8 Å². The molecule has 1 amide bonds. The number of nitrogens with one attached hydrogen (secondary N) is 1. The van der Waals surface area contributed by atoms with Crippen molar-refractivity contribution in [1.82, 2.24) is 5.32 Å². The summed E-state index contributed by atoms with van der Waals surface area (Å²) in [6.45, 7) is 0. The number of halogens is 2. The van der Waals surface area contributed by atoms with Crippen LogP contribution in [0, 0.1) is 0 Å². The Balaban J connectivity index is 2.31. The van der Waals surface area contributed by atoms with E-state index >= 15 is 0 Å². The first-order valence-corrected chi connectivity index (χ1v) is 5.87. The van der Waals surface area contributed by atoms with Crippen LogP contribution in [-0.2, 0) is 4.79 Å². The van der Waals surface area contributed by atoms with Crippen molar-refractivity contribution < 1.29 is 9.90 Å². The monoisotopic (exact) mass is 263 g/mol. The molecule has 1 aromatic carbocycles. The zero-order valence-electron chi connectivity index (χ0n) is 7.41. The van der Waals surface area contributed by atoms with E-state index in [-0.39, 0.29) is 5.37 Å². The van der Waals surface area contributed by atoms with Crippen LogP contribution in [0.5, 0.6) is 0 Å². The summed E-state index contributed by atoms with van der Waals surface area (Å²) in [4.78, 5) is 11.1. The van der Waals surface area contributed by atoms with Crippen molar-refractivity contribution in [3.05, 3.63) is 33.8 Å². The van der Waals surface area contributed by atoms with Crippen LogP contribution in [0.4, 0.5) is 0 Å². The smallest absolute Gasteiger partial charge is 0.260 e. The normalized spacial score (nSPS) is 25.4. The molecule has 1 aromatic rings. The molecule has 2 atom stereocenters. The van der Waals surface area contributed by atoms with E-state index in [1.807, 2.05) is 0 Å². The van der Waals surface area contributed by atoms with Crippen LogP contribution < -0.4 is 5.32 Å². The number of carbonyl (C=O) groups is 1. The van der Waals surface area contributed by atoms with Gasteiger partial charge in [0.05, 0.1) is 10.0 Å². The second-order valence-corrected chi connectivity index (χ2v) is 5.00. The quantitative estimate of drug-likeness (QED) is 0.817. The molecule has 1 aliphatic heterocycles. The second kappa shape index (κ2) is 4.22. The van der Waals surface area contributed by atoms with E-state index in [1.165, 1.54) is 0 Å². The van der Waals surface area contributed by atoms with Crippen LogP contribution in [0.15, 0.2) is 18.2 Å². The van der Waals surface area contributed by atoms with E-state index < -0.39 is 11.3 Å². The lowest BCUT2D eigenvalue weighted by atomic mass is 10.2. The molecular weight excluding hydrogens is 257 g/mol. The van der Waals surface area contributed by atoms with Crippen molar-refractivity contribution >= 4 is 40.9 Å². The molecule has 3 nitrogen and oxygen atoms in total. The molecule has 80 valence electrons. The third kappa shape index (κ3) is 2.08. The summed E-state index contributed by atoms with van der Waals surface area (Å²) in [5, 5.41) is 12.4. The highest BCUT2D eigenvalue weighted by atomic mass is 35.5. The highest BCUT2D eigenvalue weighted by molar-refractivity contribution is 8.01. The summed E-state index contributed by atoms with van der Waals surface area (Å²) >= 11 is 12.9. The lowest BCUT2D eigenvalue weighted by molar-refractivity contribution is -0.124. The summed E-state index contributed by atoms with van der Waals surface area (Å²) in [7, 11) is 0. The van der Waals surface area contributed by atoms with Crippen molar-refractivity contribution in [3.8, 4) is 0 Å². The van der Waals surface area contributed by atoms with Crippen LogP contribution in [0.2, 0.25) is 10.0 Å². The van der Waals surface area contributed by atoms with Gasteiger partial charge in [-0.05, 0) is 6.07 Å². The fraction of sp³-hybridized carbons (Fsp3) is 0.222. The van der Waals surface area contributed by atoms with Crippen molar-refractivity contribution in [2.24, 2.45) is 0 Å². The third-order valence-corrected chi connectivity index (χ3v) is 3.98. The fourth-order valence-electron chi connectivity index (χ4n) is 1.30. The van der Waals surface area contributed by atoms with Crippen molar-refractivity contribution in [3.63, 3.8) is 0 Å². The summed E-state index contributed by atoms with van der Waals surface area (Å²) in [6.07, 6.45) is 0. The van der Waals surface area contributed by atoms with Gasteiger partial charge in [-0.15, -0.1) is 0 Å². The molecule has 15 heavy (non-hydrogen) atoms. The predicted molar refractivity (Wildman–Crippen MR) is 60.9 cm³/mol. The molecule has 1 aliphatic rings. The summed E-state index contributed by atoms with van der Waals surface area (Å²) in [5.74, 6) is -0.402. The van der Waals surface area contributed by atoms with Crippen LogP contribution in [0.1, 0.15) is 10.9 Å². The van der Waals surface area contributed by atoms with Gasteiger partial charge < -0.3 is 10.4 Å². The van der Waals surface area contributed by atoms with Gasteiger partial charge in [0.25, 0.3) is 5.91 Å². The van der Waals surface area contributed by atoms with Gasteiger partial charge in [0.15, 0.2) is 5.44 Å². The maximum Gasteiger partial charge on any atom is 0.260 e. The van der Waals surface area contributed by atoms with Crippen LogP contribution >= 0.6 is 35.0 Å². The average molecular weight is 264 g/mol. The van der Waals surface area contributed by atoms with Gasteiger partial charge >= 0.3 is 0 Å². The Bertz CT molecular complexity index is 413. The first kappa shape index (κ1) is 11.1. The summed E-state index contributed by atoms with van der Waals surface area (Å²) in [5.41, 5.74) is -0.330. The molecule has 0 aromatic heterocycles. The average Bonchev–Trinajstić information content (AvgIpc) is 2.51. The Morgan fingerprint density at radius 1 is 1.40 bits per heavy atom. The number of aliphatic hydroxyl groups excluding tert-OH is 1. The van der Waals surface area contributed by atoms with Crippen LogP contribution in [0.3, 0.4) is 0 Å². The van der Waals surface area contributed by atoms with Crippen LogP contribution in [0.25, 0.3) is 0 Å². The minimum Gasteiger partial charge on any atom is -0.373 e. The number of aliphatic hydroxyl groups is 1. The number of rotatable bonds is 1. The largest absolute Gasteiger partial charge is 0.373 e. The number of carbonyl (C=O) groups excluding carboxylic acids is 1. The molecule has 0 radical (unpaired) electrons. The second-order valence-electron chi connectivity index (χ2n) is 3.02. The molecule has 0 spiro atoms. The zero-order valence-corrected chi connectivity index (χ0v) is 9.73. The Labute approximate surface area is 101 Å². The molecule has 0 aliphatic carbocycles. The molecule has 6 heteroatoms. The number of hydrogen-bond donors (Lipinski definition) is 2. The standard InChI is InChI=1S/C9H7Cl2NO2S/c10-5-3-1-2-4(6(5)11)8-12-7(13)9(14)15-8/h1-3,8-9,14H,(H,12,13). The highest BCUT2D eigenvalue weighted by Crippen LogP contribution is 2.39. The maximum atomic E-state index is 11.1. The van der Waals surface area contributed by atoms with Gasteiger partial charge in [-0.3, -0.25) is 4.79 Å². The number of benzene rings is 1. The molecule has 2 N–H and O–H groups in total. The molecule has 2 unspecified atom stereocenters. The lowest BCUT2D eigenvalue weighted by Gasteiger charge is -2.11. The Morgan fingerprint density at radius 3 is 2.73 bits per heavy atom. The predicted octanol–water partition coefficient (Wildman–Crippen LogP) is 2.17. The zero-order chi connectivity index (χ0) is 11.0. The van der Waals surface area contributed by atoms with Gasteiger partial charge in [0.1, 0.15) is 5.37 Å². The molecule has 1 heterocycles. The van der Waals surface area contributed by atoms with Crippen LogP contribution in [-0.4, -0.2) is 16.4 Å². The molecule has 0 bridgehead atoms. The maximum absolute atomic E-state index is 11.1. The first-order chi connectivity index (χ1) is 7.09. The number of amides is 1. The molecule has 0 saturated carbocycles. The highest BCUT2D eigenvalue weighted by Gasteiger charge is 2.33. The first-order valence-electron chi connectivity index (χ1n) is 4.17. The van der Waals surface area contributed by atoms with Gasteiger partial charge in [0, 0.05) is 5.56 Å². The molecule has 1 saturated heterocycles. The van der Waals surface area contributed by atoms with Gasteiger partial charge in [-0.1, -0.05) is 47.1 Å². The lowest BCUT2D eigenvalue weighted by Crippen LogP contribution is -2.23. The summed E-state index contributed by atoms with van der Waals surface area (Å²) in [6, 6.07) is 5.19. The van der Waals surface area contributed by atoms with Gasteiger partial charge in [-0.25, -0.2) is 0 Å². The minimum atomic E-state index is -1.04. The van der Waals surface area contributed by atoms with E-state index in [4.69, 9.17) is 23.2 Å². The Hall–Kier alpha value is -0.420. The minimum absolute atomic E-state index is 0.335. The SMILES string of the molecule is O=C1NC(c2cccc(Cl)c2Cl)SC1O. The van der Waals surface area contributed by atoms with E-state index in [9.17, 15) is 9.90 Å². The van der Waals surface area contributed by atoms with Gasteiger partial charge in [0.2, 0.25) is 0 Å². The third-order valence-electron chi connectivity index (χ3n) is 2.03. The van der Waals surface area contributed by atoms with Crippen molar-refractivity contribution in [2.75, 3.05) is 0 Å². The number of hydrogen-bond acceptors (Lipinski definition) is 3. The Kier molecular flexibility index (Phi) is 3.11. The molecule has 1 fully saturated rings. The summed E-state index contributed by atoms with van der Waals surface area (Å²) < 4.78 is 0. The van der Waals surface area contributed by atoms with Crippen molar-refractivity contribution in [1.29, 1.82) is 0 Å². The number of thioether (sulfide) groups is 1. The van der Waals surface area contributed by atoms with E-state index in [1.54, 1.807) is 18.2 Å². The van der Waals surface area contributed by atoms with Crippen molar-refractivity contribution in [2.45, 2.75) is 10.8 Å². The Morgan fingerprint density at radius 2 is 2.13 bits per heavy atom. The molecular formula is C9H7Cl2NO2S. The molecule has 2 rings (SSSR count).